The average Bonchev–Trinajstić information content (AvgIpc) is 2.45. The van der Waals surface area contributed by atoms with Crippen molar-refractivity contribution < 1.29 is 5.11 Å². The summed E-state index contributed by atoms with van der Waals surface area (Å²) in [6, 6.07) is 0. The van der Waals surface area contributed by atoms with E-state index in [-0.39, 0.29) is 6.10 Å². The molecular weight excluding hydrogens is 178 g/mol. The van der Waals surface area contributed by atoms with Gasteiger partial charge in [0.2, 0.25) is 0 Å². The maximum absolute atomic E-state index is 9.30. The van der Waals surface area contributed by atoms with E-state index in [2.05, 4.69) is 15.2 Å². The van der Waals surface area contributed by atoms with E-state index in [9.17, 15) is 5.11 Å². The van der Waals surface area contributed by atoms with Gasteiger partial charge >= 0.3 is 0 Å². The lowest BCUT2D eigenvalue weighted by Crippen LogP contribution is -2.47. The van der Waals surface area contributed by atoms with Crippen molar-refractivity contribution in [1.82, 2.24) is 10.2 Å². The van der Waals surface area contributed by atoms with E-state index < -0.39 is 0 Å². The first-order valence-corrected chi connectivity index (χ1v) is 5.54. The van der Waals surface area contributed by atoms with Gasteiger partial charge in [-0.3, -0.25) is 4.99 Å². The smallest absolute Gasteiger partial charge is 0.194 e. The lowest BCUT2D eigenvalue weighted by molar-refractivity contribution is 0.178. The van der Waals surface area contributed by atoms with Crippen molar-refractivity contribution in [1.29, 1.82) is 0 Å². The van der Waals surface area contributed by atoms with Gasteiger partial charge in [-0.15, -0.1) is 0 Å². The number of nitrogens with one attached hydrogen (secondary N) is 1. The molecule has 2 aliphatic heterocycles. The highest BCUT2D eigenvalue weighted by Crippen LogP contribution is 2.40. The number of hydrogen-bond acceptors (Lipinski definition) is 4. The van der Waals surface area contributed by atoms with Crippen LogP contribution in [0, 0.1) is 11.8 Å². The van der Waals surface area contributed by atoms with Gasteiger partial charge in [-0.2, -0.15) is 0 Å². The zero-order valence-corrected chi connectivity index (χ0v) is 8.32. The third kappa shape index (κ3) is 1.29. The summed E-state index contributed by atoms with van der Waals surface area (Å²) in [7, 11) is 0. The minimum Gasteiger partial charge on any atom is -0.389 e. The zero-order chi connectivity index (χ0) is 9.54. The number of aliphatic hydroxyl groups is 1. The Balaban J connectivity index is 1.65. The summed E-state index contributed by atoms with van der Waals surface area (Å²) < 4.78 is 0. The van der Waals surface area contributed by atoms with Crippen LogP contribution in [0.5, 0.6) is 0 Å². The van der Waals surface area contributed by atoms with Crippen molar-refractivity contribution in [3.63, 3.8) is 0 Å². The van der Waals surface area contributed by atoms with Crippen molar-refractivity contribution in [3.8, 4) is 0 Å². The first kappa shape index (κ1) is 8.53. The Morgan fingerprint density at radius 1 is 1.29 bits per heavy atom. The van der Waals surface area contributed by atoms with Crippen LogP contribution in [0.25, 0.3) is 0 Å². The lowest BCUT2D eigenvalue weighted by atomic mass is 9.77. The van der Waals surface area contributed by atoms with E-state index in [0.717, 1.165) is 17.8 Å². The maximum atomic E-state index is 9.30. The van der Waals surface area contributed by atoms with E-state index >= 15 is 0 Å². The van der Waals surface area contributed by atoms with Crippen molar-refractivity contribution in [3.05, 3.63) is 0 Å². The maximum Gasteiger partial charge on any atom is 0.194 e. The summed E-state index contributed by atoms with van der Waals surface area (Å²) in [6.07, 6.45) is 2.51. The molecule has 0 aromatic heterocycles. The Hall–Kier alpha value is -0.770. The third-order valence-electron chi connectivity index (χ3n) is 3.73. The monoisotopic (exact) mass is 195 g/mol. The second-order valence-electron chi connectivity index (χ2n) is 4.70. The highest BCUT2D eigenvalue weighted by atomic mass is 16.3. The van der Waals surface area contributed by atoms with E-state index in [1.165, 1.54) is 25.9 Å². The molecule has 1 saturated carbocycles. The molecular formula is C10H17N3O. The Kier molecular flexibility index (Phi) is 1.90. The average molecular weight is 195 g/mol. The molecule has 3 unspecified atom stereocenters. The highest BCUT2D eigenvalue weighted by Gasteiger charge is 2.40. The van der Waals surface area contributed by atoms with E-state index in [1.807, 2.05) is 0 Å². The second-order valence-corrected chi connectivity index (χ2v) is 4.70. The lowest BCUT2D eigenvalue weighted by Gasteiger charge is -2.27. The van der Waals surface area contributed by atoms with Crippen LogP contribution in [0.4, 0.5) is 0 Å². The molecule has 1 saturated heterocycles. The molecule has 14 heavy (non-hydrogen) atoms. The standard InChI is InChI=1S/C10H17N3O/c14-9-3-11-10(12-4-9)13-5-7-1-2-8(7)6-13/h7-9,14H,1-6H2,(H,11,12). The number of likely N-dealkylation sites (tertiary alicyclic amines) is 1. The normalized spacial score (nSPS) is 41.1. The van der Waals surface area contributed by atoms with Gasteiger partial charge in [0.25, 0.3) is 0 Å². The molecule has 2 heterocycles. The summed E-state index contributed by atoms with van der Waals surface area (Å²) in [4.78, 5) is 6.73. The van der Waals surface area contributed by atoms with Crippen molar-refractivity contribution >= 4 is 5.96 Å². The first-order chi connectivity index (χ1) is 6.83. The van der Waals surface area contributed by atoms with E-state index in [0.29, 0.717) is 13.1 Å². The molecule has 0 radical (unpaired) electrons. The molecule has 4 heteroatoms. The SMILES string of the molecule is OC1CN=C(N2CC3CCC3C2)NC1. The molecule has 4 nitrogen and oxygen atoms in total. The van der Waals surface area contributed by atoms with Crippen LogP contribution < -0.4 is 5.32 Å². The van der Waals surface area contributed by atoms with Crippen molar-refractivity contribution in [2.45, 2.75) is 18.9 Å². The quantitative estimate of drug-likeness (QED) is 0.555. The number of aliphatic hydroxyl groups excluding tert-OH is 1. The molecule has 3 atom stereocenters. The van der Waals surface area contributed by atoms with Crippen molar-refractivity contribution in [2.24, 2.45) is 16.8 Å². The van der Waals surface area contributed by atoms with E-state index in [1.54, 1.807) is 0 Å². The fraction of sp³-hybridized carbons (Fsp3) is 0.900. The topological polar surface area (TPSA) is 47.9 Å². The summed E-state index contributed by atoms with van der Waals surface area (Å²) in [5.41, 5.74) is 0. The minimum atomic E-state index is -0.293. The molecule has 2 N–H and O–H groups in total. The Morgan fingerprint density at radius 2 is 2.00 bits per heavy atom. The first-order valence-electron chi connectivity index (χ1n) is 5.54. The van der Waals surface area contributed by atoms with Gasteiger partial charge in [0.05, 0.1) is 12.6 Å². The van der Waals surface area contributed by atoms with Gasteiger partial charge in [0, 0.05) is 19.6 Å². The third-order valence-corrected chi connectivity index (χ3v) is 3.73. The molecule has 0 bridgehead atoms. The molecule has 0 aromatic carbocycles. The van der Waals surface area contributed by atoms with Crippen LogP contribution in [0.3, 0.4) is 0 Å². The van der Waals surface area contributed by atoms with Crippen molar-refractivity contribution in [2.75, 3.05) is 26.2 Å². The van der Waals surface area contributed by atoms with Crippen LogP contribution in [0.2, 0.25) is 0 Å². The number of fused-ring (bicyclic) bond motifs is 1. The number of rotatable bonds is 0. The molecule has 3 aliphatic rings. The molecule has 0 aromatic rings. The fourth-order valence-electron chi connectivity index (χ4n) is 2.67. The predicted octanol–water partition coefficient (Wildman–Crippen LogP) is -0.352. The van der Waals surface area contributed by atoms with Gasteiger partial charge in [0.15, 0.2) is 5.96 Å². The Morgan fingerprint density at radius 3 is 2.50 bits per heavy atom. The number of guanidine groups is 1. The van der Waals surface area contributed by atoms with Gasteiger partial charge in [-0.1, -0.05) is 0 Å². The summed E-state index contributed by atoms with van der Waals surface area (Å²) in [5, 5.41) is 12.5. The van der Waals surface area contributed by atoms with Gasteiger partial charge < -0.3 is 15.3 Å². The molecule has 0 spiro atoms. The van der Waals surface area contributed by atoms with Crippen LogP contribution in [-0.2, 0) is 0 Å². The predicted molar refractivity (Wildman–Crippen MR) is 54.1 cm³/mol. The Bertz CT molecular complexity index is 254. The molecule has 1 aliphatic carbocycles. The summed E-state index contributed by atoms with van der Waals surface area (Å²) in [5.74, 6) is 2.86. The zero-order valence-electron chi connectivity index (χ0n) is 8.32. The van der Waals surface area contributed by atoms with Crippen LogP contribution >= 0.6 is 0 Å². The number of aliphatic imine (C=N–C) groups is 1. The molecule has 2 fully saturated rings. The van der Waals surface area contributed by atoms with E-state index in [4.69, 9.17) is 0 Å². The molecule has 78 valence electrons. The molecule has 3 rings (SSSR count). The van der Waals surface area contributed by atoms with Gasteiger partial charge in [-0.05, 0) is 24.7 Å². The number of nitrogens with zero attached hydrogens (tertiary/aromatic N) is 2. The second kappa shape index (κ2) is 3.12. The van der Waals surface area contributed by atoms with Gasteiger partial charge in [0.1, 0.15) is 0 Å². The number of hydrogen-bond donors (Lipinski definition) is 2. The Labute approximate surface area is 84.0 Å². The van der Waals surface area contributed by atoms with Crippen LogP contribution in [0.15, 0.2) is 4.99 Å². The summed E-state index contributed by atoms with van der Waals surface area (Å²) >= 11 is 0. The van der Waals surface area contributed by atoms with Gasteiger partial charge in [-0.25, -0.2) is 0 Å². The minimum absolute atomic E-state index is 0.293. The van der Waals surface area contributed by atoms with Crippen LogP contribution in [-0.4, -0.2) is 48.2 Å². The highest BCUT2D eigenvalue weighted by molar-refractivity contribution is 5.81. The van der Waals surface area contributed by atoms with Crippen LogP contribution in [0.1, 0.15) is 12.8 Å². The fourth-order valence-corrected chi connectivity index (χ4v) is 2.67. The summed E-state index contributed by atoms with van der Waals surface area (Å²) in [6.45, 7) is 3.57. The molecule has 0 amide bonds. The largest absolute Gasteiger partial charge is 0.389 e. The number of β-amino-alcohol motifs (C(OH)–C–C–N with tert-alkyl or cyclic N) is 1.